The minimum atomic E-state index is -1.59. The highest BCUT2D eigenvalue weighted by Crippen LogP contribution is 2.72. The molecule has 2 spiro atoms. The van der Waals surface area contributed by atoms with Crippen LogP contribution in [0.2, 0.25) is 0 Å². The first-order valence-electron chi connectivity index (χ1n) is 13.3. The predicted octanol–water partition coefficient (Wildman–Crippen LogP) is 3.15. The van der Waals surface area contributed by atoms with Gasteiger partial charge in [0.2, 0.25) is 0 Å². The Morgan fingerprint density at radius 3 is 2.69 bits per heavy atom. The lowest BCUT2D eigenvalue weighted by atomic mass is 9.52. The summed E-state index contributed by atoms with van der Waals surface area (Å²) >= 11 is 0. The molecule has 3 N–H and O–H groups in total. The summed E-state index contributed by atoms with van der Waals surface area (Å²) < 4.78 is 24.1. The van der Waals surface area contributed by atoms with Gasteiger partial charge in [0.25, 0.3) is 5.91 Å². The number of carbonyl (C=O) groups is 1. The van der Waals surface area contributed by atoms with Gasteiger partial charge >= 0.3 is 0 Å². The van der Waals surface area contributed by atoms with Crippen LogP contribution in [0.15, 0.2) is 30.0 Å². The lowest BCUT2D eigenvalue weighted by Gasteiger charge is -2.63. The average molecular weight is 500 g/mol. The van der Waals surface area contributed by atoms with Crippen LogP contribution in [0.25, 0.3) is 0 Å². The summed E-state index contributed by atoms with van der Waals surface area (Å²) in [4.78, 5) is 19.7. The molecule has 196 valence electrons. The SMILES string of the molecule is Cc1ncccc1NC(=O)C1=CCC2[C@@]34CC[C@]5(C[C@H](N(C)C)[C@@H](O)[C@H](O)C5CC3(F)CC[C@]12C)O4. The Morgan fingerprint density at radius 2 is 1.97 bits per heavy atom. The summed E-state index contributed by atoms with van der Waals surface area (Å²) in [5.74, 6) is -0.731. The molecule has 9 atom stereocenters. The third-order valence-electron chi connectivity index (χ3n) is 10.7. The molecule has 36 heavy (non-hydrogen) atoms. The highest BCUT2D eigenvalue weighted by Gasteiger charge is 2.77. The van der Waals surface area contributed by atoms with Crippen LogP contribution in [0, 0.1) is 24.2 Å². The Labute approximate surface area is 212 Å². The van der Waals surface area contributed by atoms with E-state index in [0.29, 0.717) is 43.4 Å². The van der Waals surface area contributed by atoms with Crippen LogP contribution < -0.4 is 5.32 Å². The number of fused-ring (bicyclic) bond motifs is 1. The lowest BCUT2D eigenvalue weighted by molar-refractivity contribution is -0.315. The number of hydrogen-bond donors (Lipinski definition) is 3. The zero-order valence-corrected chi connectivity index (χ0v) is 21.6. The number of nitrogens with zero attached hydrogens (tertiary/aromatic N) is 2. The first kappa shape index (κ1) is 24.5. The molecule has 2 saturated heterocycles. The Balaban J connectivity index is 1.32. The molecule has 4 fully saturated rings. The van der Waals surface area contributed by atoms with E-state index in [0.717, 1.165) is 5.69 Å². The standard InChI is InChI=1S/C28H38FN3O4/c1-16-19(6-5-13-30-16)31-24(35)17-7-8-21-25(17,2)9-11-27(29)14-18-22(33)23(34)20(32(3)4)15-26(18)10-12-28(21,27)36-26/h5-7,13,18,20-23,33-34H,8-12,14-15H2,1-4H3,(H,31,35)/t18?,20-,21?,22+,23+,25+,26+,27?,28-/m0/s1. The number of likely N-dealkylation sites (N-methyl/N-ethyl adjacent to an activating group) is 1. The molecule has 0 aromatic carbocycles. The Bertz CT molecular complexity index is 1130. The van der Waals surface area contributed by atoms with Crippen molar-refractivity contribution >= 4 is 11.6 Å². The quantitative estimate of drug-likeness (QED) is 0.592. The van der Waals surface area contributed by atoms with Gasteiger partial charge in [-0.25, -0.2) is 4.39 Å². The van der Waals surface area contributed by atoms with Crippen molar-refractivity contribution in [2.75, 3.05) is 19.4 Å². The van der Waals surface area contributed by atoms with E-state index in [4.69, 9.17) is 4.74 Å². The molecule has 1 amide bonds. The maximum Gasteiger partial charge on any atom is 0.251 e. The zero-order valence-electron chi connectivity index (χ0n) is 21.6. The van der Waals surface area contributed by atoms with Crippen molar-refractivity contribution in [3.63, 3.8) is 0 Å². The monoisotopic (exact) mass is 499 g/mol. The molecule has 1 aromatic rings. The van der Waals surface area contributed by atoms with Gasteiger partial charge in [0.05, 0.1) is 29.2 Å². The number of aliphatic hydroxyl groups excluding tert-OH is 2. The van der Waals surface area contributed by atoms with Crippen LogP contribution in [0.4, 0.5) is 10.1 Å². The first-order chi connectivity index (χ1) is 17.0. The Morgan fingerprint density at radius 1 is 1.19 bits per heavy atom. The van der Waals surface area contributed by atoms with E-state index in [1.807, 2.05) is 38.1 Å². The van der Waals surface area contributed by atoms with Crippen molar-refractivity contribution in [3.05, 3.63) is 35.7 Å². The van der Waals surface area contributed by atoms with Gasteiger partial charge in [0.15, 0.2) is 0 Å². The van der Waals surface area contributed by atoms with E-state index in [9.17, 15) is 15.0 Å². The molecule has 2 bridgehead atoms. The number of pyridine rings is 1. The molecule has 2 aliphatic heterocycles. The second-order valence-corrected chi connectivity index (χ2v) is 12.5. The molecule has 3 aliphatic carbocycles. The maximum absolute atomic E-state index is 17.1. The van der Waals surface area contributed by atoms with Gasteiger partial charge in [-0.05, 0) is 78.1 Å². The van der Waals surface area contributed by atoms with E-state index in [2.05, 4.69) is 17.2 Å². The van der Waals surface area contributed by atoms with Crippen molar-refractivity contribution in [2.24, 2.45) is 17.3 Å². The molecule has 5 aliphatic rings. The largest absolute Gasteiger partial charge is 0.390 e. The molecule has 1 aromatic heterocycles. The van der Waals surface area contributed by atoms with E-state index in [-0.39, 0.29) is 30.7 Å². The highest BCUT2D eigenvalue weighted by molar-refractivity contribution is 6.05. The fraction of sp³-hybridized carbons (Fsp3) is 0.714. The Hall–Kier alpha value is -1.87. The normalized spacial score (nSPS) is 47.1. The molecule has 8 heteroatoms. The third kappa shape index (κ3) is 3.04. The molecular formula is C28H38FN3O4. The number of aromatic nitrogens is 1. The summed E-state index contributed by atoms with van der Waals surface area (Å²) in [6, 6.07) is 3.39. The number of alkyl halides is 1. The highest BCUT2D eigenvalue weighted by atomic mass is 19.1. The number of rotatable bonds is 3. The number of ether oxygens (including phenoxy) is 1. The lowest BCUT2D eigenvalue weighted by Crippen LogP contribution is -2.72. The molecule has 2 saturated carbocycles. The third-order valence-corrected chi connectivity index (χ3v) is 10.7. The molecule has 3 heterocycles. The van der Waals surface area contributed by atoms with Crippen molar-refractivity contribution in [1.82, 2.24) is 9.88 Å². The summed E-state index contributed by atoms with van der Waals surface area (Å²) in [6.07, 6.45) is 5.19. The van der Waals surface area contributed by atoms with Crippen LogP contribution in [0.5, 0.6) is 0 Å². The summed E-state index contributed by atoms with van der Waals surface area (Å²) in [5, 5.41) is 25.0. The van der Waals surface area contributed by atoms with Gasteiger partial charge < -0.3 is 25.2 Å². The van der Waals surface area contributed by atoms with Gasteiger partial charge in [0.1, 0.15) is 11.3 Å². The number of amides is 1. The summed E-state index contributed by atoms with van der Waals surface area (Å²) in [6.45, 7) is 3.96. The van der Waals surface area contributed by atoms with Gasteiger partial charge in [-0.3, -0.25) is 9.78 Å². The predicted molar refractivity (Wildman–Crippen MR) is 133 cm³/mol. The van der Waals surface area contributed by atoms with Crippen LogP contribution in [0.1, 0.15) is 57.6 Å². The van der Waals surface area contributed by atoms with Crippen LogP contribution in [-0.2, 0) is 9.53 Å². The van der Waals surface area contributed by atoms with Crippen molar-refractivity contribution in [1.29, 1.82) is 0 Å². The van der Waals surface area contributed by atoms with E-state index >= 15 is 4.39 Å². The molecule has 6 rings (SSSR count). The first-order valence-corrected chi connectivity index (χ1v) is 13.3. The number of carbonyl (C=O) groups excluding carboxylic acids is 1. The minimum Gasteiger partial charge on any atom is -0.390 e. The van der Waals surface area contributed by atoms with Crippen molar-refractivity contribution in [3.8, 4) is 0 Å². The van der Waals surface area contributed by atoms with Gasteiger partial charge in [-0.2, -0.15) is 0 Å². The molecule has 3 unspecified atom stereocenters. The molecule has 0 radical (unpaired) electrons. The number of aryl methyl sites for hydroxylation is 1. The minimum absolute atomic E-state index is 0.149. The number of aliphatic hydroxyl groups is 2. The number of hydrogen-bond acceptors (Lipinski definition) is 6. The van der Waals surface area contributed by atoms with Gasteiger partial charge in [0, 0.05) is 35.1 Å². The Kier molecular flexibility index (Phi) is 5.31. The second kappa shape index (κ2) is 7.82. The molecular weight excluding hydrogens is 461 g/mol. The smallest absolute Gasteiger partial charge is 0.251 e. The van der Waals surface area contributed by atoms with E-state index in [1.165, 1.54) is 0 Å². The summed E-state index contributed by atoms with van der Waals surface area (Å²) in [5.41, 5.74) is -1.58. The van der Waals surface area contributed by atoms with Crippen LogP contribution in [0.3, 0.4) is 0 Å². The number of halogens is 1. The zero-order chi connectivity index (χ0) is 25.7. The fourth-order valence-corrected chi connectivity index (χ4v) is 8.72. The topological polar surface area (TPSA) is 94.9 Å². The van der Waals surface area contributed by atoms with Crippen LogP contribution >= 0.6 is 0 Å². The van der Waals surface area contributed by atoms with Gasteiger partial charge in [-0.1, -0.05) is 13.0 Å². The number of nitrogens with one attached hydrogen (secondary N) is 1. The number of anilines is 1. The second-order valence-electron chi connectivity index (χ2n) is 12.5. The fourth-order valence-electron chi connectivity index (χ4n) is 8.72. The number of allylic oxidation sites excluding steroid dienone is 1. The van der Waals surface area contributed by atoms with E-state index < -0.39 is 40.4 Å². The van der Waals surface area contributed by atoms with Crippen molar-refractivity contribution < 1.29 is 24.1 Å². The van der Waals surface area contributed by atoms with Crippen LogP contribution in [-0.4, -0.2) is 75.2 Å². The van der Waals surface area contributed by atoms with Gasteiger partial charge in [-0.15, -0.1) is 0 Å². The average Bonchev–Trinajstić information content (AvgIpc) is 3.36. The van der Waals surface area contributed by atoms with Crippen molar-refractivity contribution in [2.45, 2.75) is 93.9 Å². The maximum atomic E-state index is 17.1. The molecule has 7 nitrogen and oxygen atoms in total. The van der Waals surface area contributed by atoms with E-state index in [1.54, 1.807) is 12.3 Å². The summed E-state index contributed by atoms with van der Waals surface area (Å²) in [7, 11) is 3.80.